The maximum atomic E-state index is 11.5. The Kier molecular flexibility index (Phi) is 5.65. The fourth-order valence-electron chi connectivity index (χ4n) is 1.34. The minimum Gasteiger partial charge on any atom is -0.461 e. The predicted molar refractivity (Wildman–Crippen MR) is 74.2 cm³/mol. The van der Waals surface area contributed by atoms with E-state index in [1.54, 1.807) is 13.0 Å². The van der Waals surface area contributed by atoms with Crippen molar-refractivity contribution < 1.29 is 9.53 Å². The molecule has 0 saturated heterocycles. The van der Waals surface area contributed by atoms with Gasteiger partial charge in [-0.05, 0) is 31.9 Å². The number of carbonyl (C=O) groups excluding carboxylic acids is 1. The van der Waals surface area contributed by atoms with Crippen LogP contribution in [0.3, 0.4) is 0 Å². The van der Waals surface area contributed by atoms with Gasteiger partial charge in [0, 0.05) is 0 Å². The number of rotatable bonds is 5. The normalized spacial score (nSPS) is 11.2. The molecule has 0 spiro atoms. The average molecular weight is 269 g/mol. The zero-order valence-corrected chi connectivity index (χ0v) is 11.5. The summed E-state index contributed by atoms with van der Waals surface area (Å²) in [6.45, 7) is 5.84. The van der Waals surface area contributed by atoms with Gasteiger partial charge in [-0.15, -0.1) is 0 Å². The number of benzene rings is 1. The van der Waals surface area contributed by atoms with Crippen LogP contribution in [-0.4, -0.2) is 18.3 Å². The van der Waals surface area contributed by atoms with Crippen LogP contribution in [0.25, 0.3) is 0 Å². The Labute approximate surface area is 112 Å². The van der Waals surface area contributed by atoms with Gasteiger partial charge >= 0.3 is 5.97 Å². The molecule has 0 fully saturated rings. The van der Waals surface area contributed by atoms with E-state index in [9.17, 15) is 4.79 Å². The number of aryl methyl sites for hydroxylation is 1. The predicted octanol–water partition coefficient (Wildman–Crippen LogP) is 3.39. The lowest BCUT2D eigenvalue weighted by atomic mass is 10.2. The van der Waals surface area contributed by atoms with Gasteiger partial charge in [0.2, 0.25) is 0 Å². The van der Waals surface area contributed by atoms with Gasteiger partial charge in [-0.1, -0.05) is 30.7 Å². The molecule has 5 heteroatoms. The zero-order chi connectivity index (χ0) is 13.5. The quantitative estimate of drug-likeness (QED) is 0.506. The third kappa shape index (κ3) is 3.74. The van der Waals surface area contributed by atoms with Gasteiger partial charge in [-0.3, -0.25) is 5.43 Å². The Morgan fingerprint density at radius 3 is 2.78 bits per heavy atom. The number of nitrogens with one attached hydrogen (secondary N) is 1. The van der Waals surface area contributed by atoms with Crippen molar-refractivity contribution in [3.05, 3.63) is 28.8 Å². The second-order valence-electron chi connectivity index (χ2n) is 3.68. The van der Waals surface area contributed by atoms with Crippen molar-refractivity contribution >= 4 is 29.0 Å². The van der Waals surface area contributed by atoms with Gasteiger partial charge in [0.1, 0.15) is 5.71 Å². The molecule has 1 N–H and O–H groups in total. The van der Waals surface area contributed by atoms with E-state index in [1.165, 1.54) is 0 Å². The van der Waals surface area contributed by atoms with E-state index in [4.69, 9.17) is 16.3 Å². The molecule has 0 atom stereocenters. The standard InChI is InChI=1S/C13H17ClN2O2/c1-4-10(13(17)18-5-2)15-16-11-8-6-7-9(3)12(11)14/h6-8,16H,4-5H2,1-3H3/b15-10-. The summed E-state index contributed by atoms with van der Waals surface area (Å²) >= 11 is 6.11. The second-order valence-corrected chi connectivity index (χ2v) is 4.06. The van der Waals surface area contributed by atoms with Gasteiger partial charge in [0.15, 0.2) is 0 Å². The van der Waals surface area contributed by atoms with Crippen molar-refractivity contribution in [3.63, 3.8) is 0 Å². The van der Waals surface area contributed by atoms with Crippen LogP contribution in [0.15, 0.2) is 23.3 Å². The largest absolute Gasteiger partial charge is 0.461 e. The van der Waals surface area contributed by atoms with E-state index in [-0.39, 0.29) is 0 Å². The molecule has 0 amide bonds. The molecule has 1 aromatic rings. The van der Waals surface area contributed by atoms with Crippen molar-refractivity contribution in [3.8, 4) is 0 Å². The highest BCUT2D eigenvalue weighted by molar-refractivity contribution is 6.36. The van der Waals surface area contributed by atoms with Gasteiger partial charge in [-0.25, -0.2) is 4.79 Å². The maximum Gasteiger partial charge on any atom is 0.354 e. The summed E-state index contributed by atoms with van der Waals surface area (Å²) in [6, 6.07) is 5.58. The first-order chi connectivity index (χ1) is 8.60. The van der Waals surface area contributed by atoms with Crippen LogP contribution < -0.4 is 5.43 Å². The Bertz CT molecular complexity index is 458. The Hall–Kier alpha value is -1.55. The molecule has 0 radical (unpaired) electrons. The number of nitrogens with zero attached hydrogens (tertiary/aromatic N) is 1. The van der Waals surface area contributed by atoms with Gasteiger partial charge in [-0.2, -0.15) is 5.10 Å². The minimum atomic E-state index is -0.406. The van der Waals surface area contributed by atoms with Crippen LogP contribution >= 0.6 is 11.6 Å². The molecule has 0 heterocycles. The SMILES string of the molecule is CCOC(=O)/C(CC)=N\Nc1cccc(C)c1Cl. The number of halogens is 1. The summed E-state index contributed by atoms with van der Waals surface area (Å²) in [6.07, 6.45) is 0.495. The number of hydrazone groups is 1. The van der Waals surface area contributed by atoms with Gasteiger partial charge in [0.05, 0.1) is 17.3 Å². The van der Waals surface area contributed by atoms with Crippen LogP contribution in [-0.2, 0) is 9.53 Å². The molecular weight excluding hydrogens is 252 g/mol. The van der Waals surface area contributed by atoms with E-state index in [2.05, 4.69) is 10.5 Å². The summed E-state index contributed by atoms with van der Waals surface area (Å²) in [4.78, 5) is 11.5. The van der Waals surface area contributed by atoms with E-state index in [1.807, 2.05) is 26.0 Å². The molecule has 0 aliphatic carbocycles. The first kappa shape index (κ1) is 14.5. The Balaban J connectivity index is 2.83. The van der Waals surface area contributed by atoms with Crippen molar-refractivity contribution in [2.45, 2.75) is 27.2 Å². The van der Waals surface area contributed by atoms with E-state index in [0.29, 0.717) is 29.4 Å². The maximum absolute atomic E-state index is 11.5. The summed E-state index contributed by atoms with van der Waals surface area (Å²) in [5, 5.41) is 4.64. The van der Waals surface area contributed by atoms with Crippen LogP contribution in [0, 0.1) is 6.92 Å². The molecule has 1 aromatic carbocycles. The molecule has 18 heavy (non-hydrogen) atoms. The van der Waals surface area contributed by atoms with E-state index < -0.39 is 5.97 Å². The van der Waals surface area contributed by atoms with Crippen LogP contribution in [0.5, 0.6) is 0 Å². The Morgan fingerprint density at radius 2 is 2.17 bits per heavy atom. The lowest BCUT2D eigenvalue weighted by molar-refractivity contribution is -0.135. The summed E-state index contributed by atoms with van der Waals surface area (Å²) in [5.74, 6) is -0.406. The molecule has 4 nitrogen and oxygen atoms in total. The molecule has 0 aromatic heterocycles. The fourth-order valence-corrected chi connectivity index (χ4v) is 1.51. The van der Waals surface area contributed by atoms with E-state index >= 15 is 0 Å². The molecule has 98 valence electrons. The summed E-state index contributed by atoms with van der Waals surface area (Å²) in [7, 11) is 0. The van der Waals surface area contributed by atoms with Crippen molar-refractivity contribution in [1.82, 2.24) is 0 Å². The first-order valence-electron chi connectivity index (χ1n) is 5.84. The third-order valence-electron chi connectivity index (χ3n) is 2.35. The summed E-state index contributed by atoms with van der Waals surface area (Å²) < 4.78 is 4.89. The molecule has 0 aliphatic rings. The number of carbonyl (C=O) groups is 1. The fraction of sp³-hybridized carbons (Fsp3) is 0.385. The number of esters is 1. The highest BCUT2D eigenvalue weighted by atomic mass is 35.5. The number of anilines is 1. The average Bonchev–Trinajstić information content (AvgIpc) is 2.35. The lowest BCUT2D eigenvalue weighted by Crippen LogP contribution is -2.18. The number of ether oxygens (including phenoxy) is 1. The van der Waals surface area contributed by atoms with Crippen molar-refractivity contribution in [2.24, 2.45) is 5.10 Å². The highest BCUT2D eigenvalue weighted by Gasteiger charge is 2.10. The van der Waals surface area contributed by atoms with Crippen LogP contribution in [0.1, 0.15) is 25.8 Å². The third-order valence-corrected chi connectivity index (χ3v) is 2.85. The smallest absolute Gasteiger partial charge is 0.354 e. The monoisotopic (exact) mass is 268 g/mol. The van der Waals surface area contributed by atoms with Crippen LogP contribution in [0.2, 0.25) is 5.02 Å². The van der Waals surface area contributed by atoms with Crippen molar-refractivity contribution in [1.29, 1.82) is 0 Å². The zero-order valence-electron chi connectivity index (χ0n) is 10.8. The molecule has 0 saturated carbocycles. The van der Waals surface area contributed by atoms with Gasteiger partial charge < -0.3 is 4.74 Å². The minimum absolute atomic E-state index is 0.336. The molecule has 0 aliphatic heterocycles. The number of hydrogen-bond donors (Lipinski definition) is 1. The lowest BCUT2D eigenvalue weighted by Gasteiger charge is -2.07. The van der Waals surface area contributed by atoms with Crippen molar-refractivity contribution in [2.75, 3.05) is 12.0 Å². The molecule has 0 unspecified atom stereocenters. The van der Waals surface area contributed by atoms with Crippen LogP contribution in [0.4, 0.5) is 5.69 Å². The first-order valence-corrected chi connectivity index (χ1v) is 6.22. The number of hydrogen-bond acceptors (Lipinski definition) is 4. The van der Waals surface area contributed by atoms with Gasteiger partial charge in [0.25, 0.3) is 0 Å². The Morgan fingerprint density at radius 1 is 1.44 bits per heavy atom. The summed E-state index contributed by atoms with van der Waals surface area (Å²) in [5.41, 5.74) is 4.76. The highest BCUT2D eigenvalue weighted by Crippen LogP contribution is 2.24. The molecular formula is C13H17ClN2O2. The topological polar surface area (TPSA) is 50.7 Å². The second kappa shape index (κ2) is 7.01. The molecule has 1 rings (SSSR count). The molecule has 0 bridgehead atoms. The van der Waals surface area contributed by atoms with E-state index in [0.717, 1.165) is 5.56 Å².